The summed E-state index contributed by atoms with van der Waals surface area (Å²) in [5.74, 6) is -0.197. The third kappa shape index (κ3) is 9.89. The van der Waals surface area contributed by atoms with Crippen molar-refractivity contribution < 1.29 is 13.9 Å². The molecule has 1 aromatic carbocycles. The van der Waals surface area contributed by atoms with Gasteiger partial charge in [-0.25, -0.2) is 9.38 Å². The van der Waals surface area contributed by atoms with Crippen molar-refractivity contribution >= 4 is 35.0 Å². The number of ether oxygens (including phenoxy) is 1. The van der Waals surface area contributed by atoms with Crippen molar-refractivity contribution in [2.45, 2.75) is 26.7 Å². The Hall–Kier alpha value is -3.07. The van der Waals surface area contributed by atoms with Crippen LogP contribution in [0, 0.1) is 5.82 Å². The molecule has 1 aromatic rings. The van der Waals surface area contributed by atoms with E-state index in [-0.39, 0.29) is 11.5 Å². The van der Waals surface area contributed by atoms with Gasteiger partial charge >= 0.3 is 0 Å². The fraction of sp³-hybridized carbons (Fsp3) is 0.370. The second kappa shape index (κ2) is 15.1. The quantitative estimate of drug-likeness (QED) is 0.311. The van der Waals surface area contributed by atoms with Gasteiger partial charge in [-0.3, -0.25) is 14.7 Å². The predicted molar refractivity (Wildman–Crippen MR) is 147 cm³/mol. The highest BCUT2D eigenvalue weighted by Gasteiger charge is 2.12. The average molecular weight is 516 g/mol. The molecule has 0 unspecified atom stereocenters. The zero-order valence-electron chi connectivity index (χ0n) is 21.2. The van der Waals surface area contributed by atoms with Crippen LogP contribution >= 0.6 is 11.6 Å². The van der Waals surface area contributed by atoms with Crippen LogP contribution in [-0.2, 0) is 9.53 Å². The molecular formula is C27H35ClFN5O2. The Kier molecular flexibility index (Phi) is 12.3. The van der Waals surface area contributed by atoms with Gasteiger partial charge < -0.3 is 15.4 Å². The fourth-order valence-corrected chi connectivity index (χ4v) is 3.63. The molecule has 36 heavy (non-hydrogen) atoms. The van der Waals surface area contributed by atoms with Crippen LogP contribution in [0.2, 0.25) is 5.02 Å². The SMILES string of the molecule is C=C(/C=C(\N=C/C)NC(=O)CCCN1CCOCC1)N/C(=C/C(=C)c1cc(Cl)ccc1F)C(C)=NC. The van der Waals surface area contributed by atoms with Crippen molar-refractivity contribution in [2.24, 2.45) is 9.98 Å². The minimum atomic E-state index is -0.430. The van der Waals surface area contributed by atoms with Crippen LogP contribution in [-0.4, -0.2) is 62.6 Å². The van der Waals surface area contributed by atoms with Gasteiger partial charge in [-0.05, 0) is 56.7 Å². The molecule has 194 valence electrons. The summed E-state index contributed by atoms with van der Waals surface area (Å²) in [4.78, 5) is 23.2. The van der Waals surface area contributed by atoms with Crippen LogP contribution in [0.25, 0.3) is 5.57 Å². The van der Waals surface area contributed by atoms with Crippen LogP contribution in [0.1, 0.15) is 32.3 Å². The maximum atomic E-state index is 14.3. The van der Waals surface area contributed by atoms with E-state index in [1.54, 1.807) is 39.3 Å². The second-order valence-corrected chi connectivity index (χ2v) is 8.63. The van der Waals surface area contributed by atoms with Crippen molar-refractivity contribution in [3.05, 3.63) is 77.1 Å². The monoisotopic (exact) mass is 515 g/mol. The summed E-state index contributed by atoms with van der Waals surface area (Å²) in [5, 5.41) is 6.39. The van der Waals surface area contributed by atoms with Gasteiger partial charge in [0.2, 0.25) is 5.91 Å². The number of amides is 1. The molecule has 0 aromatic heterocycles. The second-order valence-electron chi connectivity index (χ2n) is 8.19. The molecule has 0 saturated carbocycles. The van der Waals surface area contributed by atoms with Crippen LogP contribution < -0.4 is 10.6 Å². The van der Waals surface area contributed by atoms with Crippen LogP contribution in [0.4, 0.5) is 4.39 Å². The number of morpholine rings is 1. The van der Waals surface area contributed by atoms with Gasteiger partial charge in [-0.15, -0.1) is 0 Å². The molecule has 0 spiro atoms. The molecule has 1 heterocycles. The number of benzene rings is 1. The lowest BCUT2D eigenvalue weighted by Gasteiger charge is -2.26. The molecule has 0 atom stereocenters. The number of nitrogens with zero attached hydrogens (tertiary/aromatic N) is 3. The Balaban J connectivity index is 2.06. The molecule has 1 saturated heterocycles. The van der Waals surface area contributed by atoms with Gasteiger partial charge in [0.15, 0.2) is 0 Å². The lowest BCUT2D eigenvalue weighted by atomic mass is 10.0. The van der Waals surface area contributed by atoms with Crippen LogP contribution in [0.5, 0.6) is 0 Å². The number of halogens is 2. The minimum Gasteiger partial charge on any atom is -0.379 e. The number of nitrogens with one attached hydrogen (secondary N) is 2. The van der Waals surface area contributed by atoms with E-state index in [1.165, 1.54) is 18.2 Å². The first-order chi connectivity index (χ1) is 17.2. The van der Waals surface area contributed by atoms with E-state index >= 15 is 0 Å². The Bertz CT molecular complexity index is 1070. The number of carbonyl (C=O) groups is 1. The lowest BCUT2D eigenvalue weighted by Crippen LogP contribution is -2.37. The van der Waals surface area contributed by atoms with Gasteiger partial charge in [0.05, 0.1) is 24.6 Å². The Morgan fingerprint density at radius 2 is 1.97 bits per heavy atom. The van der Waals surface area contributed by atoms with Gasteiger partial charge in [0.25, 0.3) is 0 Å². The van der Waals surface area contributed by atoms with E-state index in [4.69, 9.17) is 16.3 Å². The van der Waals surface area contributed by atoms with Crippen molar-refractivity contribution in [3.8, 4) is 0 Å². The lowest BCUT2D eigenvalue weighted by molar-refractivity contribution is -0.120. The normalized spacial score (nSPS) is 15.8. The average Bonchev–Trinajstić information content (AvgIpc) is 2.85. The van der Waals surface area contributed by atoms with Gasteiger partial charge in [-0.1, -0.05) is 24.8 Å². The summed E-state index contributed by atoms with van der Waals surface area (Å²) in [6, 6.07) is 4.29. The van der Waals surface area contributed by atoms with Crippen molar-refractivity contribution in [3.63, 3.8) is 0 Å². The van der Waals surface area contributed by atoms with E-state index < -0.39 is 5.82 Å². The third-order valence-electron chi connectivity index (χ3n) is 5.44. The molecule has 2 rings (SSSR count). The third-order valence-corrected chi connectivity index (χ3v) is 5.68. The molecule has 0 radical (unpaired) electrons. The van der Waals surface area contributed by atoms with Gasteiger partial charge in [0, 0.05) is 55.1 Å². The molecule has 1 fully saturated rings. The summed E-state index contributed by atoms with van der Waals surface area (Å²) in [5.41, 5.74) is 2.38. The minimum absolute atomic E-state index is 0.125. The molecule has 0 bridgehead atoms. The Labute approximate surface area is 218 Å². The largest absolute Gasteiger partial charge is 0.379 e. The topological polar surface area (TPSA) is 78.3 Å². The van der Waals surface area contributed by atoms with Crippen LogP contribution in [0.3, 0.4) is 0 Å². The number of aliphatic imine (C=N–C) groups is 2. The number of hydrogen-bond donors (Lipinski definition) is 2. The zero-order valence-corrected chi connectivity index (χ0v) is 22.0. The van der Waals surface area contributed by atoms with Gasteiger partial charge in [-0.2, -0.15) is 0 Å². The first-order valence-corrected chi connectivity index (χ1v) is 12.2. The molecule has 1 aliphatic heterocycles. The number of rotatable bonds is 12. The molecule has 2 N–H and O–H groups in total. The smallest absolute Gasteiger partial charge is 0.225 e. The van der Waals surface area contributed by atoms with Gasteiger partial charge in [0.1, 0.15) is 11.6 Å². The highest BCUT2D eigenvalue weighted by molar-refractivity contribution is 6.30. The number of carbonyl (C=O) groups excluding carboxylic acids is 1. The highest BCUT2D eigenvalue weighted by Crippen LogP contribution is 2.23. The summed E-state index contributed by atoms with van der Waals surface area (Å²) in [6.07, 6.45) is 6.01. The van der Waals surface area contributed by atoms with Crippen LogP contribution in [0.15, 0.2) is 70.7 Å². The van der Waals surface area contributed by atoms with E-state index in [2.05, 4.69) is 38.7 Å². The first kappa shape index (κ1) is 29.2. The van der Waals surface area contributed by atoms with E-state index in [0.717, 1.165) is 39.3 Å². The number of allylic oxidation sites excluding steroid dienone is 4. The van der Waals surface area contributed by atoms with E-state index in [9.17, 15) is 9.18 Å². The summed E-state index contributed by atoms with van der Waals surface area (Å²) < 4.78 is 19.6. The summed E-state index contributed by atoms with van der Waals surface area (Å²) in [7, 11) is 1.65. The highest BCUT2D eigenvalue weighted by atomic mass is 35.5. The molecule has 0 aliphatic carbocycles. The predicted octanol–water partition coefficient (Wildman–Crippen LogP) is 4.73. The molecule has 1 aliphatic rings. The molecule has 7 nitrogen and oxygen atoms in total. The fourth-order valence-electron chi connectivity index (χ4n) is 3.46. The summed E-state index contributed by atoms with van der Waals surface area (Å²) in [6.45, 7) is 15.7. The first-order valence-electron chi connectivity index (χ1n) is 11.8. The Morgan fingerprint density at radius 3 is 2.64 bits per heavy atom. The molecule has 1 amide bonds. The molecular weight excluding hydrogens is 481 g/mol. The molecule has 9 heteroatoms. The maximum absolute atomic E-state index is 14.3. The van der Waals surface area contributed by atoms with E-state index in [1.807, 2.05) is 0 Å². The van der Waals surface area contributed by atoms with Crippen molar-refractivity contribution in [1.29, 1.82) is 0 Å². The van der Waals surface area contributed by atoms with Crippen molar-refractivity contribution in [2.75, 3.05) is 39.9 Å². The number of hydrogen-bond acceptors (Lipinski definition) is 6. The van der Waals surface area contributed by atoms with E-state index in [0.29, 0.717) is 39.9 Å². The maximum Gasteiger partial charge on any atom is 0.225 e. The van der Waals surface area contributed by atoms with Crippen molar-refractivity contribution in [1.82, 2.24) is 15.5 Å². The zero-order chi connectivity index (χ0) is 26.5. The Morgan fingerprint density at radius 1 is 1.25 bits per heavy atom. The standard InChI is InChI=1S/C27H35ClFN5O2/c1-6-31-26(33-27(35)8-7-11-34-12-14-36-15-13-34)17-20(3)32-25(21(4)30-5)16-19(2)23-18-22(28)9-10-24(23)29/h6,9-10,16-18,32H,2-3,7-8,11-15H2,1,4-5H3,(H,33,35)/b25-16+,26-17+,30-21?,31-6-. The summed E-state index contributed by atoms with van der Waals surface area (Å²) >= 11 is 6.03.